The summed E-state index contributed by atoms with van der Waals surface area (Å²) in [5.74, 6) is 0.868. The first-order valence-corrected chi connectivity index (χ1v) is 8.31. The summed E-state index contributed by atoms with van der Waals surface area (Å²) in [5.41, 5.74) is 8.34. The van der Waals surface area contributed by atoms with Gasteiger partial charge in [0.1, 0.15) is 5.75 Å². The van der Waals surface area contributed by atoms with Crippen LogP contribution in [0.3, 0.4) is 0 Å². The van der Waals surface area contributed by atoms with Crippen LogP contribution in [0.2, 0.25) is 0 Å². The number of hydrogen-bond donors (Lipinski definition) is 1. The lowest BCUT2D eigenvalue weighted by molar-refractivity contribution is -0.00743. The molecule has 0 aliphatic rings. The average Bonchev–Trinajstić information content (AvgIpc) is 2.61. The van der Waals surface area contributed by atoms with Gasteiger partial charge in [-0.25, -0.2) is 0 Å². The topological polar surface area (TPSA) is 53.7 Å². The number of hydrogen-bond acceptors (Lipinski definition) is 4. The van der Waals surface area contributed by atoms with Crippen molar-refractivity contribution in [2.24, 2.45) is 5.73 Å². The number of rotatable bonds is 10. The van der Waals surface area contributed by atoms with Gasteiger partial charge in [0, 0.05) is 12.5 Å². The smallest absolute Gasteiger partial charge is 0.122 e. The molecule has 0 aromatic heterocycles. The molecular weight excluding hydrogens is 302 g/mol. The largest absolute Gasteiger partial charge is 0.496 e. The summed E-state index contributed by atoms with van der Waals surface area (Å²) in [6.07, 6.45) is 0.655. The van der Waals surface area contributed by atoms with Crippen molar-refractivity contribution in [2.45, 2.75) is 32.1 Å². The maximum absolute atomic E-state index is 6.08. The van der Waals surface area contributed by atoms with Gasteiger partial charge in [0.25, 0.3) is 0 Å². The Labute approximate surface area is 144 Å². The number of para-hydroxylation sites is 1. The third-order valence-electron chi connectivity index (χ3n) is 3.87. The second-order valence-corrected chi connectivity index (χ2v) is 5.82. The third-order valence-corrected chi connectivity index (χ3v) is 3.87. The standard InChI is InChI=1S/C20H27NO3/c1-16(21)20(14-18-10-6-7-11-19(18)22-2)24-13-12-23-15-17-8-4-3-5-9-17/h3-11,16,20H,12-15,21H2,1-2H3. The Bertz CT molecular complexity index is 586. The van der Waals surface area contributed by atoms with Crippen molar-refractivity contribution in [3.8, 4) is 5.75 Å². The minimum atomic E-state index is -0.0679. The molecule has 0 saturated heterocycles. The highest BCUT2D eigenvalue weighted by atomic mass is 16.5. The zero-order chi connectivity index (χ0) is 17.2. The van der Waals surface area contributed by atoms with Crippen molar-refractivity contribution < 1.29 is 14.2 Å². The molecule has 24 heavy (non-hydrogen) atoms. The molecule has 0 heterocycles. The molecule has 4 heteroatoms. The van der Waals surface area contributed by atoms with E-state index in [9.17, 15) is 0 Å². The van der Waals surface area contributed by atoms with E-state index < -0.39 is 0 Å². The summed E-state index contributed by atoms with van der Waals surface area (Å²) in [5, 5.41) is 0. The molecule has 0 aliphatic carbocycles. The first-order chi connectivity index (χ1) is 11.7. The van der Waals surface area contributed by atoms with Crippen LogP contribution in [0.4, 0.5) is 0 Å². The Morgan fingerprint density at radius 1 is 0.958 bits per heavy atom. The van der Waals surface area contributed by atoms with Crippen LogP contribution in [0.5, 0.6) is 5.75 Å². The fourth-order valence-corrected chi connectivity index (χ4v) is 2.51. The van der Waals surface area contributed by atoms with Gasteiger partial charge in [-0.05, 0) is 24.1 Å². The molecule has 2 unspecified atom stereocenters. The highest BCUT2D eigenvalue weighted by Crippen LogP contribution is 2.20. The number of nitrogens with two attached hydrogens (primary N) is 1. The van der Waals surface area contributed by atoms with Crippen LogP contribution in [-0.4, -0.2) is 32.5 Å². The van der Waals surface area contributed by atoms with Crippen molar-refractivity contribution in [1.82, 2.24) is 0 Å². The lowest BCUT2D eigenvalue weighted by Gasteiger charge is -2.22. The fraction of sp³-hybridized carbons (Fsp3) is 0.400. The van der Waals surface area contributed by atoms with E-state index in [0.29, 0.717) is 19.8 Å². The molecule has 0 amide bonds. The Kier molecular flexibility index (Phi) is 7.75. The molecule has 2 aromatic carbocycles. The lowest BCUT2D eigenvalue weighted by Crippen LogP contribution is -2.36. The van der Waals surface area contributed by atoms with E-state index in [1.54, 1.807) is 7.11 Å². The number of benzene rings is 2. The second-order valence-electron chi connectivity index (χ2n) is 5.82. The molecule has 2 rings (SSSR count). The van der Waals surface area contributed by atoms with Gasteiger partial charge >= 0.3 is 0 Å². The summed E-state index contributed by atoms with van der Waals surface area (Å²) in [6, 6.07) is 18.0. The predicted molar refractivity (Wildman–Crippen MR) is 96.2 cm³/mol. The zero-order valence-electron chi connectivity index (χ0n) is 14.5. The summed E-state index contributed by atoms with van der Waals surface area (Å²) < 4.78 is 17.0. The maximum Gasteiger partial charge on any atom is 0.122 e. The molecule has 130 valence electrons. The van der Waals surface area contributed by atoms with E-state index >= 15 is 0 Å². The molecule has 4 nitrogen and oxygen atoms in total. The molecule has 2 atom stereocenters. The summed E-state index contributed by atoms with van der Waals surface area (Å²) >= 11 is 0. The SMILES string of the molecule is COc1ccccc1CC(OCCOCc1ccccc1)C(C)N. The van der Waals surface area contributed by atoms with Gasteiger partial charge in [-0.15, -0.1) is 0 Å². The molecule has 2 aromatic rings. The van der Waals surface area contributed by atoms with Crippen LogP contribution in [0.25, 0.3) is 0 Å². The molecule has 0 saturated carbocycles. The number of methoxy groups -OCH3 is 1. The molecular formula is C20H27NO3. The van der Waals surface area contributed by atoms with E-state index in [1.807, 2.05) is 61.5 Å². The first kappa shape index (κ1) is 18.5. The quantitative estimate of drug-likeness (QED) is 0.680. The van der Waals surface area contributed by atoms with Gasteiger partial charge in [-0.1, -0.05) is 48.5 Å². The average molecular weight is 329 g/mol. The zero-order valence-corrected chi connectivity index (χ0v) is 14.5. The summed E-state index contributed by atoms with van der Waals surface area (Å²) in [4.78, 5) is 0. The van der Waals surface area contributed by atoms with Crippen molar-refractivity contribution in [3.05, 3.63) is 65.7 Å². The van der Waals surface area contributed by atoms with E-state index in [-0.39, 0.29) is 12.1 Å². The van der Waals surface area contributed by atoms with Crippen LogP contribution >= 0.6 is 0 Å². The van der Waals surface area contributed by atoms with E-state index in [1.165, 1.54) is 0 Å². The van der Waals surface area contributed by atoms with Gasteiger partial charge < -0.3 is 19.9 Å². The van der Waals surface area contributed by atoms with Gasteiger partial charge in [0.15, 0.2) is 0 Å². The van der Waals surface area contributed by atoms with Gasteiger partial charge in [0.05, 0.1) is 33.0 Å². The van der Waals surface area contributed by atoms with Gasteiger partial charge in [0.2, 0.25) is 0 Å². The normalized spacial score (nSPS) is 13.5. The Morgan fingerprint density at radius 3 is 2.38 bits per heavy atom. The van der Waals surface area contributed by atoms with Crippen molar-refractivity contribution in [2.75, 3.05) is 20.3 Å². The second kappa shape index (κ2) is 10.1. The van der Waals surface area contributed by atoms with Crippen LogP contribution in [0, 0.1) is 0 Å². The van der Waals surface area contributed by atoms with Crippen molar-refractivity contribution in [1.29, 1.82) is 0 Å². The summed E-state index contributed by atoms with van der Waals surface area (Å²) in [6.45, 7) is 3.63. The van der Waals surface area contributed by atoms with Crippen LogP contribution < -0.4 is 10.5 Å². The van der Waals surface area contributed by atoms with Crippen LogP contribution in [-0.2, 0) is 22.5 Å². The van der Waals surface area contributed by atoms with Crippen molar-refractivity contribution in [3.63, 3.8) is 0 Å². The minimum Gasteiger partial charge on any atom is -0.496 e. The van der Waals surface area contributed by atoms with Crippen LogP contribution in [0.15, 0.2) is 54.6 Å². The predicted octanol–water partition coefficient (Wildman–Crippen LogP) is 3.19. The molecule has 0 aliphatic heterocycles. The maximum atomic E-state index is 6.08. The van der Waals surface area contributed by atoms with Crippen LogP contribution in [0.1, 0.15) is 18.1 Å². The molecule has 0 spiro atoms. The summed E-state index contributed by atoms with van der Waals surface area (Å²) in [7, 11) is 1.68. The van der Waals surface area contributed by atoms with Gasteiger partial charge in [-0.2, -0.15) is 0 Å². The monoisotopic (exact) mass is 329 g/mol. The van der Waals surface area contributed by atoms with E-state index in [4.69, 9.17) is 19.9 Å². The third kappa shape index (κ3) is 5.96. The molecule has 2 N–H and O–H groups in total. The minimum absolute atomic E-state index is 0.0657. The Balaban J connectivity index is 1.77. The van der Waals surface area contributed by atoms with E-state index in [0.717, 1.165) is 23.3 Å². The Morgan fingerprint density at radius 2 is 1.67 bits per heavy atom. The Hall–Kier alpha value is -1.88. The van der Waals surface area contributed by atoms with Crippen molar-refractivity contribution >= 4 is 0 Å². The molecule has 0 bridgehead atoms. The fourth-order valence-electron chi connectivity index (χ4n) is 2.51. The lowest BCUT2D eigenvalue weighted by atomic mass is 10.0. The highest BCUT2D eigenvalue weighted by molar-refractivity contribution is 5.33. The van der Waals surface area contributed by atoms with E-state index in [2.05, 4.69) is 0 Å². The molecule has 0 radical (unpaired) electrons. The first-order valence-electron chi connectivity index (χ1n) is 8.31. The van der Waals surface area contributed by atoms with Gasteiger partial charge in [-0.3, -0.25) is 0 Å². The molecule has 0 fully saturated rings. The highest BCUT2D eigenvalue weighted by Gasteiger charge is 2.17. The number of ether oxygens (including phenoxy) is 3.